The van der Waals surface area contributed by atoms with Crippen LogP contribution in [-0.2, 0) is 6.42 Å². The van der Waals surface area contributed by atoms with E-state index in [9.17, 15) is 0 Å². The van der Waals surface area contributed by atoms with Crippen molar-refractivity contribution in [3.05, 3.63) is 35.4 Å². The van der Waals surface area contributed by atoms with E-state index in [1.807, 2.05) is 7.05 Å². The van der Waals surface area contributed by atoms with Gasteiger partial charge in [-0.1, -0.05) is 24.3 Å². The second kappa shape index (κ2) is 5.40. The van der Waals surface area contributed by atoms with Crippen LogP contribution in [0.2, 0.25) is 0 Å². The summed E-state index contributed by atoms with van der Waals surface area (Å²) in [5.41, 5.74) is 7.85. The molecule has 0 aliphatic heterocycles. The van der Waals surface area contributed by atoms with E-state index in [0.29, 0.717) is 6.54 Å². The molecule has 0 atom stereocenters. The summed E-state index contributed by atoms with van der Waals surface area (Å²) in [5.74, 6) is 0.907. The van der Waals surface area contributed by atoms with E-state index in [0.717, 1.165) is 17.8 Å². The molecule has 1 aromatic carbocycles. The number of nitrogens with zero attached hydrogens (tertiary/aromatic N) is 1. The SMILES string of the molecule is CN=C(NC)c1ccc(CCN)cc1. The van der Waals surface area contributed by atoms with Crippen molar-refractivity contribution in [3.63, 3.8) is 0 Å². The van der Waals surface area contributed by atoms with Crippen molar-refractivity contribution in [2.45, 2.75) is 6.42 Å². The number of hydrogen-bond acceptors (Lipinski definition) is 2. The highest BCUT2D eigenvalue weighted by atomic mass is 14.9. The monoisotopic (exact) mass is 191 g/mol. The fraction of sp³-hybridized carbons (Fsp3) is 0.364. The van der Waals surface area contributed by atoms with Gasteiger partial charge in [-0.15, -0.1) is 0 Å². The lowest BCUT2D eigenvalue weighted by molar-refractivity contribution is 0.968. The van der Waals surface area contributed by atoms with Crippen LogP contribution in [0.1, 0.15) is 11.1 Å². The Labute approximate surface area is 85.0 Å². The van der Waals surface area contributed by atoms with Crippen LogP contribution in [0, 0.1) is 0 Å². The minimum atomic E-state index is 0.695. The summed E-state index contributed by atoms with van der Waals surface area (Å²) in [6.45, 7) is 0.695. The lowest BCUT2D eigenvalue weighted by atomic mass is 10.1. The van der Waals surface area contributed by atoms with Crippen LogP contribution in [0.3, 0.4) is 0 Å². The molecule has 0 aliphatic rings. The number of hydrogen-bond donors (Lipinski definition) is 2. The predicted octanol–water partition coefficient (Wildman–Crippen LogP) is 0.784. The Morgan fingerprint density at radius 2 is 2.00 bits per heavy atom. The molecule has 0 saturated heterocycles. The van der Waals surface area contributed by atoms with Crippen LogP contribution in [0.5, 0.6) is 0 Å². The molecular formula is C11H17N3. The summed E-state index contributed by atoms with van der Waals surface area (Å²) in [5, 5.41) is 3.04. The zero-order valence-electron chi connectivity index (χ0n) is 8.75. The molecule has 14 heavy (non-hydrogen) atoms. The average molecular weight is 191 g/mol. The molecule has 3 heteroatoms. The van der Waals surface area contributed by atoms with Crippen molar-refractivity contribution < 1.29 is 0 Å². The number of nitrogens with two attached hydrogens (primary N) is 1. The van der Waals surface area contributed by atoms with Crippen LogP contribution in [-0.4, -0.2) is 26.5 Å². The number of amidine groups is 1. The van der Waals surface area contributed by atoms with Crippen molar-refractivity contribution in [2.75, 3.05) is 20.6 Å². The molecule has 3 nitrogen and oxygen atoms in total. The highest BCUT2D eigenvalue weighted by Gasteiger charge is 1.99. The lowest BCUT2D eigenvalue weighted by Crippen LogP contribution is -2.19. The molecule has 0 spiro atoms. The third-order valence-corrected chi connectivity index (χ3v) is 2.12. The Balaban J connectivity index is 2.82. The average Bonchev–Trinajstić information content (AvgIpc) is 2.23. The van der Waals surface area contributed by atoms with E-state index >= 15 is 0 Å². The molecule has 76 valence electrons. The smallest absolute Gasteiger partial charge is 0.127 e. The van der Waals surface area contributed by atoms with Gasteiger partial charge in [-0.3, -0.25) is 4.99 Å². The Hall–Kier alpha value is -1.35. The standard InChI is InChI=1S/C11H17N3/c1-13-11(14-2)10-5-3-9(4-6-10)7-8-12/h3-6H,7-8,12H2,1-2H3,(H,13,14). The van der Waals surface area contributed by atoms with E-state index < -0.39 is 0 Å². The van der Waals surface area contributed by atoms with E-state index in [4.69, 9.17) is 5.73 Å². The topological polar surface area (TPSA) is 50.4 Å². The number of aliphatic imine (C=N–C) groups is 1. The molecule has 0 aliphatic carbocycles. The molecule has 1 rings (SSSR count). The van der Waals surface area contributed by atoms with Gasteiger partial charge in [0.15, 0.2) is 0 Å². The Bertz CT molecular complexity index is 301. The van der Waals surface area contributed by atoms with E-state index in [1.165, 1.54) is 5.56 Å². The Morgan fingerprint density at radius 1 is 1.36 bits per heavy atom. The molecule has 3 N–H and O–H groups in total. The first-order valence-electron chi connectivity index (χ1n) is 4.75. The summed E-state index contributed by atoms with van der Waals surface area (Å²) in [4.78, 5) is 4.13. The van der Waals surface area contributed by atoms with Crippen molar-refractivity contribution in [2.24, 2.45) is 10.7 Å². The van der Waals surface area contributed by atoms with Gasteiger partial charge in [-0.25, -0.2) is 0 Å². The first-order chi connectivity index (χ1) is 6.81. The first-order valence-corrected chi connectivity index (χ1v) is 4.75. The Kier molecular flexibility index (Phi) is 4.13. The van der Waals surface area contributed by atoms with Gasteiger partial charge in [-0.05, 0) is 18.5 Å². The summed E-state index contributed by atoms with van der Waals surface area (Å²) >= 11 is 0. The van der Waals surface area contributed by atoms with Crippen LogP contribution >= 0.6 is 0 Å². The van der Waals surface area contributed by atoms with Crippen LogP contribution in [0.15, 0.2) is 29.3 Å². The first kappa shape index (κ1) is 10.7. The van der Waals surface area contributed by atoms with Gasteiger partial charge in [0.1, 0.15) is 5.84 Å². The Morgan fingerprint density at radius 3 is 2.43 bits per heavy atom. The van der Waals surface area contributed by atoms with Crippen molar-refractivity contribution in [1.82, 2.24) is 5.32 Å². The third kappa shape index (κ3) is 2.57. The van der Waals surface area contributed by atoms with Crippen molar-refractivity contribution in [3.8, 4) is 0 Å². The van der Waals surface area contributed by atoms with Crippen LogP contribution in [0.4, 0.5) is 0 Å². The highest BCUT2D eigenvalue weighted by Crippen LogP contribution is 2.04. The summed E-state index contributed by atoms with van der Waals surface area (Å²) in [7, 11) is 3.65. The van der Waals surface area contributed by atoms with Gasteiger partial charge >= 0.3 is 0 Å². The lowest BCUT2D eigenvalue weighted by Gasteiger charge is -2.05. The molecular weight excluding hydrogens is 174 g/mol. The van der Waals surface area contributed by atoms with Crippen LogP contribution in [0.25, 0.3) is 0 Å². The predicted molar refractivity (Wildman–Crippen MR) is 60.7 cm³/mol. The second-order valence-corrected chi connectivity index (χ2v) is 3.06. The number of benzene rings is 1. The molecule has 0 saturated carbocycles. The third-order valence-electron chi connectivity index (χ3n) is 2.12. The maximum atomic E-state index is 5.47. The molecule has 0 unspecified atom stereocenters. The highest BCUT2D eigenvalue weighted by molar-refractivity contribution is 5.98. The maximum absolute atomic E-state index is 5.47. The van der Waals surface area contributed by atoms with E-state index in [2.05, 4.69) is 34.6 Å². The molecule has 0 radical (unpaired) electrons. The summed E-state index contributed by atoms with van der Waals surface area (Å²) in [6, 6.07) is 8.29. The number of rotatable bonds is 3. The van der Waals surface area contributed by atoms with Crippen LogP contribution < -0.4 is 11.1 Å². The molecule has 0 aromatic heterocycles. The van der Waals surface area contributed by atoms with Gasteiger partial charge in [0, 0.05) is 19.7 Å². The van der Waals surface area contributed by atoms with Gasteiger partial charge in [0.2, 0.25) is 0 Å². The van der Waals surface area contributed by atoms with Crippen molar-refractivity contribution in [1.29, 1.82) is 0 Å². The maximum Gasteiger partial charge on any atom is 0.127 e. The molecule has 0 bridgehead atoms. The molecule has 0 amide bonds. The fourth-order valence-corrected chi connectivity index (χ4v) is 1.38. The summed E-state index contributed by atoms with van der Waals surface area (Å²) < 4.78 is 0. The van der Waals surface area contributed by atoms with E-state index in [1.54, 1.807) is 7.05 Å². The summed E-state index contributed by atoms with van der Waals surface area (Å²) in [6.07, 6.45) is 0.929. The fourth-order valence-electron chi connectivity index (χ4n) is 1.38. The normalized spacial score (nSPS) is 11.5. The van der Waals surface area contributed by atoms with Crippen molar-refractivity contribution >= 4 is 5.84 Å². The number of nitrogens with one attached hydrogen (secondary N) is 1. The van der Waals surface area contributed by atoms with Gasteiger partial charge < -0.3 is 11.1 Å². The quantitative estimate of drug-likeness (QED) is 0.548. The minimum Gasteiger partial charge on any atom is -0.373 e. The van der Waals surface area contributed by atoms with Gasteiger partial charge in [0.05, 0.1) is 0 Å². The molecule has 0 fully saturated rings. The zero-order chi connectivity index (χ0) is 10.4. The molecule has 1 aromatic rings. The molecule has 0 heterocycles. The zero-order valence-corrected chi connectivity index (χ0v) is 8.75. The minimum absolute atomic E-state index is 0.695. The van der Waals surface area contributed by atoms with E-state index in [-0.39, 0.29) is 0 Å². The largest absolute Gasteiger partial charge is 0.373 e. The van der Waals surface area contributed by atoms with Gasteiger partial charge in [0.25, 0.3) is 0 Å². The second-order valence-electron chi connectivity index (χ2n) is 3.06. The van der Waals surface area contributed by atoms with Gasteiger partial charge in [-0.2, -0.15) is 0 Å².